The van der Waals surface area contributed by atoms with E-state index in [4.69, 9.17) is 27.9 Å². The molecule has 0 atom stereocenters. The number of fused-ring (bicyclic) bond motifs is 1. The summed E-state index contributed by atoms with van der Waals surface area (Å²) in [7, 11) is 1.60. The Hall–Kier alpha value is -0.440. The van der Waals surface area contributed by atoms with Crippen LogP contribution in [0.15, 0.2) is 12.1 Å². The van der Waals surface area contributed by atoms with Gasteiger partial charge in [-0.2, -0.15) is 0 Å². The molecule has 0 fully saturated rings. The molecule has 16 heavy (non-hydrogen) atoms. The fourth-order valence-electron chi connectivity index (χ4n) is 1.67. The summed E-state index contributed by atoms with van der Waals surface area (Å²) < 4.78 is 6.24. The first kappa shape index (κ1) is 12.0. The van der Waals surface area contributed by atoms with Gasteiger partial charge in [0.15, 0.2) is 0 Å². The number of methoxy groups -OCH3 is 1. The van der Waals surface area contributed by atoms with E-state index in [1.807, 2.05) is 6.07 Å². The minimum Gasteiger partial charge on any atom is -0.495 e. The molecule has 4 heteroatoms. The summed E-state index contributed by atoms with van der Waals surface area (Å²) in [5.41, 5.74) is 0. The van der Waals surface area contributed by atoms with E-state index in [0.29, 0.717) is 15.8 Å². The Morgan fingerprint density at radius 2 is 2.00 bits per heavy atom. The molecule has 0 amide bonds. The van der Waals surface area contributed by atoms with Crippen LogP contribution in [0, 0.1) is 0 Å². The highest BCUT2D eigenvalue weighted by Crippen LogP contribution is 2.42. The molecule has 0 saturated carbocycles. The van der Waals surface area contributed by atoms with Crippen molar-refractivity contribution < 1.29 is 4.74 Å². The van der Waals surface area contributed by atoms with Gasteiger partial charge < -0.3 is 4.74 Å². The van der Waals surface area contributed by atoms with Gasteiger partial charge in [-0.1, -0.05) is 36.5 Å². The Morgan fingerprint density at radius 1 is 1.25 bits per heavy atom. The molecular formula is C12H12Cl2OS. The molecule has 1 nitrogen and oxygen atoms in total. The number of benzene rings is 1. The molecule has 0 aliphatic carbocycles. The third kappa shape index (κ3) is 2.02. The van der Waals surface area contributed by atoms with Crippen LogP contribution in [0.3, 0.4) is 0 Å². The molecule has 2 rings (SSSR count). The maximum atomic E-state index is 6.22. The van der Waals surface area contributed by atoms with E-state index < -0.39 is 0 Å². The van der Waals surface area contributed by atoms with Gasteiger partial charge >= 0.3 is 0 Å². The van der Waals surface area contributed by atoms with Crippen molar-refractivity contribution in [3.8, 4) is 5.75 Å². The molecule has 0 aliphatic heterocycles. The van der Waals surface area contributed by atoms with Gasteiger partial charge in [0.2, 0.25) is 0 Å². The normalized spacial score (nSPS) is 11.0. The highest BCUT2D eigenvalue weighted by Gasteiger charge is 2.13. The van der Waals surface area contributed by atoms with Crippen molar-refractivity contribution in [1.82, 2.24) is 0 Å². The van der Waals surface area contributed by atoms with Gasteiger partial charge in [-0.05, 0) is 23.9 Å². The van der Waals surface area contributed by atoms with Crippen molar-refractivity contribution >= 4 is 44.6 Å². The quantitative estimate of drug-likeness (QED) is 0.750. The number of aryl methyl sites for hydroxylation is 1. The Morgan fingerprint density at radius 3 is 2.62 bits per heavy atom. The third-order valence-electron chi connectivity index (χ3n) is 2.42. The van der Waals surface area contributed by atoms with Crippen LogP contribution in [0.4, 0.5) is 0 Å². The summed E-state index contributed by atoms with van der Waals surface area (Å²) in [6, 6.07) is 4.10. The lowest BCUT2D eigenvalue weighted by atomic mass is 10.2. The Balaban J connectivity index is 2.63. The first-order valence-corrected chi connectivity index (χ1v) is 6.69. The zero-order chi connectivity index (χ0) is 11.7. The molecule has 0 aliphatic rings. The van der Waals surface area contributed by atoms with Crippen LogP contribution in [0.1, 0.15) is 18.2 Å². The summed E-state index contributed by atoms with van der Waals surface area (Å²) in [6.45, 7) is 2.17. The van der Waals surface area contributed by atoms with Crippen molar-refractivity contribution in [1.29, 1.82) is 0 Å². The maximum Gasteiger partial charge on any atom is 0.139 e. The molecule has 0 radical (unpaired) electrons. The molecule has 1 aromatic carbocycles. The average Bonchev–Trinajstić information content (AvgIpc) is 2.67. The minimum absolute atomic E-state index is 0.501. The molecule has 0 spiro atoms. The maximum absolute atomic E-state index is 6.22. The number of hydrogen-bond donors (Lipinski definition) is 0. The second kappa shape index (κ2) is 4.82. The Bertz CT molecular complexity index is 519. The van der Waals surface area contributed by atoms with E-state index in [2.05, 4.69) is 13.0 Å². The van der Waals surface area contributed by atoms with E-state index in [-0.39, 0.29) is 0 Å². The topological polar surface area (TPSA) is 9.23 Å². The molecule has 1 aromatic heterocycles. The average molecular weight is 275 g/mol. The van der Waals surface area contributed by atoms with Gasteiger partial charge in [-0.15, -0.1) is 11.3 Å². The molecule has 0 N–H and O–H groups in total. The van der Waals surface area contributed by atoms with Gasteiger partial charge in [-0.3, -0.25) is 0 Å². The summed E-state index contributed by atoms with van der Waals surface area (Å²) in [5.74, 6) is 0.639. The molecule has 0 unspecified atom stereocenters. The third-order valence-corrected chi connectivity index (χ3v) is 4.61. The summed E-state index contributed by atoms with van der Waals surface area (Å²) in [6.07, 6.45) is 2.21. The second-order valence-corrected chi connectivity index (χ2v) is 5.48. The first-order chi connectivity index (χ1) is 7.67. The highest BCUT2D eigenvalue weighted by molar-refractivity contribution is 7.19. The molecular weight excluding hydrogens is 263 g/mol. The van der Waals surface area contributed by atoms with Crippen molar-refractivity contribution in [2.75, 3.05) is 7.11 Å². The van der Waals surface area contributed by atoms with Crippen molar-refractivity contribution in [2.24, 2.45) is 0 Å². The standard InChI is InChI=1S/C12H12Cl2OS/c1-3-4-8-5-7-6-9(15-2)10(13)11(14)12(7)16-8/h5-6H,3-4H2,1-2H3. The van der Waals surface area contributed by atoms with Crippen LogP contribution in [0.5, 0.6) is 5.75 Å². The lowest BCUT2D eigenvalue weighted by Crippen LogP contribution is -1.84. The van der Waals surface area contributed by atoms with Gasteiger partial charge in [0.05, 0.1) is 16.8 Å². The zero-order valence-electron chi connectivity index (χ0n) is 9.14. The summed E-state index contributed by atoms with van der Waals surface area (Å²) in [4.78, 5) is 1.34. The lowest BCUT2D eigenvalue weighted by molar-refractivity contribution is 0.415. The molecule has 1 heterocycles. The van der Waals surface area contributed by atoms with Crippen molar-refractivity contribution in [3.63, 3.8) is 0 Å². The summed E-state index contributed by atoms with van der Waals surface area (Å²) in [5, 5.41) is 2.21. The number of thiophene rings is 1. The van der Waals surface area contributed by atoms with E-state index in [0.717, 1.165) is 22.9 Å². The number of ether oxygens (including phenoxy) is 1. The van der Waals surface area contributed by atoms with E-state index in [9.17, 15) is 0 Å². The van der Waals surface area contributed by atoms with E-state index in [1.54, 1.807) is 18.4 Å². The Labute approximate surface area is 109 Å². The zero-order valence-corrected chi connectivity index (χ0v) is 11.5. The number of rotatable bonds is 3. The highest BCUT2D eigenvalue weighted by atomic mass is 35.5. The Kier molecular flexibility index (Phi) is 3.63. The van der Waals surface area contributed by atoms with Gasteiger partial charge in [0.1, 0.15) is 10.8 Å². The van der Waals surface area contributed by atoms with E-state index in [1.165, 1.54) is 4.88 Å². The predicted molar refractivity (Wildman–Crippen MR) is 72.4 cm³/mol. The van der Waals surface area contributed by atoms with Crippen molar-refractivity contribution in [3.05, 3.63) is 27.1 Å². The molecule has 2 aromatic rings. The van der Waals surface area contributed by atoms with Crippen LogP contribution in [-0.4, -0.2) is 7.11 Å². The van der Waals surface area contributed by atoms with Gasteiger partial charge in [-0.25, -0.2) is 0 Å². The fourth-order valence-corrected chi connectivity index (χ4v) is 3.45. The smallest absolute Gasteiger partial charge is 0.139 e. The predicted octanol–water partition coefficient (Wildman–Crippen LogP) is 5.17. The van der Waals surface area contributed by atoms with Crippen LogP contribution >= 0.6 is 34.5 Å². The number of hydrogen-bond acceptors (Lipinski definition) is 2. The van der Waals surface area contributed by atoms with Crippen LogP contribution < -0.4 is 4.74 Å². The van der Waals surface area contributed by atoms with E-state index >= 15 is 0 Å². The lowest BCUT2D eigenvalue weighted by Gasteiger charge is -2.04. The summed E-state index contributed by atoms with van der Waals surface area (Å²) >= 11 is 14.0. The van der Waals surface area contributed by atoms with Crippen LogP contribution in [-0.2, 0) is 6.42 Å². The largest absolute Gasteiger partial charge is 0.495 e. The minimum atomic E-state index is 0.501. The fraction of sp³-hybridized carbons (Fsp3) is 0.333. The number of halogens is 2. The second-order valence-electron chi connectivity index (χ2n) is 3.59. The monoisotopic (exact) mass is 274 g/mol. The van der Waals surface area contributed by atoms with Gasteiger partial charge in [0, 0.05) is 4.88 Å². The van der Waals surface area contributed by atoms with Crippen LogP contribution in [0.2, 0.25) is 10.0 Å². The van der Waals surface area contributed by atoms with Crippen molar-refractivity contribution in [2.45, 2.75) is 19.8 Å². The molecule has 86 valence electrons. The molecule has 0 bridgehead atoms. The SMILES string of the molecule is CCCc1cc2cc(OC)c(Cl)c(Cl)c2s1. The van der Waals surface area contributed by atoms with Gasteiger partial charge in [0.25, 0.3) is 0 Å². The first-order valence-electron chi connectivity index (χ1n) is 5.11. The molecule has 0 saturated heterocycles. The van der Waals surface area contributed by atoms with Crippen LogP contribution in [0.25, 0.3) is 10.1 Å².